The molecule has 3 heteroatoms. The number of rotatable bonds is 3. The van der Waals surface area contributed by atoms with Gasteiger partial charge in [0.2, 0.25) is 0 Å². The molecule has 0 aliphatic heterocycles. The van der Waals surface area contributed by atoms with Crippen LogP contribution in [-0.4, -0.2) is 4.98 Å². The minimum Gasteiger partial charge on any atom is -1.00 e. The van der Waals surface area contributed by atoms with Gasteiger partial charge in [-0.2, -0.15) is 0 Å². The van der Waals surface area contributed by atoms with Crippen LogP contribution in [0, 0.1) is 0 Å². The summed E-state index contributed by atoms with van der Waals surface area (Å²) in [6.07, 6.45) is 6.04. The number of halogens is 1. The summed E-state index contributed by atoms with van der Waals surface area (Å²) in [7, 11) is 0. The zero-order valence-electron chi connectivity index (χ0n) is 11.0. The molecule has 2 nitrogen and oxygen atoms in total. The molecule has 0 saturated heterocycles. The van der Waals surface area contributed by atoms with Crippen molar-refractivity contribution in [3.8, 4) is 11.3 Å². The third-order valence-corrected chi connectivity index (χ3v) is 3.03. The molecule has 0 fully saturated rings. The van der Waals surface area contributed by atoms with Crippen molar-refractivity contribution in [3.63, 3.8) is 0 Å². The van der Waals surface area contributed by atoms with Crippen molar-refractivity contribution >= 4 is 0 Å². The van der Waals surface area contributed by atoms with Crippen LogP contribution in [0.25, 0.3) is 11.3 Å². The van der Waals surface area contributed by atoms with Gasteiger partial charge < -0.3 is 12.4 Å². The molecule has 2 aromatic heterocycles. The maximum atomic E-state index is 4.38. The molecule has 100 valence electrons. The zero-order chi connectivity index (χ0) is 12.9. The molecule has 20 heavy (non-hydrogen) atoms. The van der Waals surface area contributed by atoms with Crippen LogP contribution >= 0.6 is 0 Å². The Bertz CT molecular complexity index is 654. The van der Waals surface area contributed by atoms with Gasteiger partial charge in [-0.3, -0.25) is 4.98 Å². The molecule has 3 rings (SSSR count). The monoisotopic (exact) mass is 282 g/mol. The van der Waals surface area contributed by atoms with Crippen LogP contribution in [0.2, 0.25) is 0 Å². The number of pyridine rings is 2. The predicted octanol–water partition coefficient (Wildman–Crippen LogP) is 0.0884. The molecular weight excluding hydrogens is 268 g/mol. The quantitative estimate of drug-likeness (QED) is 0.622. The SMILES string of the molecule is [Cl-].c1ccc(C[n+]2cccc(-c3ccccn3)c2)cc1. The summed E-state index contributed by atoms with van der Waals surface area (Å²) in [4.78, 5) is 4.38. The largest absolute Gasteiger partial charge is 1.00 e. The van der Waals surface area contributed by atoms with Crippen molar-refractivity contribution in [2.75, 3.05) is 0 Å². The van der Waals surface area contributed by atoms with Gasteiger partial charge in [-0.05, 0) is 18.2 Å². The fourth-order valence-electron chi connectivity index (χ4n) is 2.10. The molecule has 0 unspecified atom stereocenters. The highest BCUT2D eigenvalue weighted by Gasteiger charge is 2.06. The van der Waals surface area contributed by atoms with Crippen LogP contribution in [0.1, 0.15) is 5.56 Å². The summed E-state index contributed by atoms with van der Waals surface area (Å²) >= 11 is 0. The average molecular weight is 283 g/mol. The van der Waals surface area contributed by atoms with E-state index in [1.807, 2.05) is 30.5 Å². The van der Waals surface area contributed by atoms with Crippen LogP contribution in [0.5, 0.6) is 0 Å². The fourth-order valence-corrected chi connectivity index (χ4v) is 2.10. The number of hydrogen-bond acceptors (Lipinski definition) is 1. The van der Waals surface area contributed by atoms with E-state index in [2.05, 4.69) is 58.3 Å². The summed E-state index contributed by atoms with van der Waals surface area (Å²) < 4.78 is 2.18. The van der Waals surface area contributed by atoms with E-state index in [-0.39, 0.29) is 12.4 Å². The van der Waals surface area contributed by atoms with E-state index in [0.29, 0.717) is 0 Å². The lowest BCUT2D eigenvalue weighted by Crippen LogP contribution is -3.00. The van der Waals surface area contributed by atoms with E-state index in [1.54, 1.807) is 0 Å². The summed E-state index contributed by atoms with van der Waals surface area (Å²) in [5.41, 5.74) is 3.44. The van der Waals surface area contributed by atoms with Crippen molar-refractivity contribution in [3.05, 3.63) is 84.8 Å². The molecule has 0 saturated carbocycles. The first-order valence-corrected chi connectivity index (χ1v) is 6.36. The van der Waals surface area contributed by atoms with Gasteiger partial charge in [0.15, 0.2) is 18.9 Å². The Morgan fingerprint density at radius 2 is 1.65 bits per heavy atom. The summed E-state index contributed by atoms with van der Waals surface area (Å²) in [6, 6.07) is 20.6. The Hall–Kier alpha value is -2.19. The van der Waals surface area contributed by atoms with Crippen LogP contribution in [-0.2, 0) is 6.54 Å². The molecule has 0 bridgehead atoms. The van der Waals surface area contributed by atoms with E-state index in [4.69, 9.17) is 0 Å². The molecule has 0 amide bonds. The second kappa shape index (κ2) is 6.83. The molecule has 0 spiro atoms. The summed E-state index contributed by atoms with van der Waals surface area (Å²) in [5.74, 6) is 0. The molecule has 0 atom stereocenters. The third kappa shape index (κ3) is 3.43. The highest BCUT2D eigenvalue weighted by molar-refractivity contribution is 5.56. The van der Waals surface area contributed by atoms with Gasteiger partial charge in [0.1, 0.15) is 0 Å². The standard InChI is InChI=1S/C17H15N2.ClH/c1-2-7-15(8-3-1)13-19-12-6-9-16(14-19)17-10-4-5-11-18-17;/h1-12,14H,13H2;1H/q+1;/p-1. The molecule has 0 radical (unpaired) electrons. The van der Waals surface area contributed by atoms with Crippen molar-refractivity contribution in [1.29, 1.82) is 0 Å². The maximum Gasteiger partial charge on any atom is 0.178 e. The smallest absolute Gasteiger partial charge is 0.178 e. The Labute approximate surface area is 125 Å². The first-order valence-electron chi connectivity index (χ1n) is 6.36. The van der Waals surface area contributed by atoms with Gasteiger partial charge in [0.25, 0.3) is 0 Å². The molecule has 0 aliphatic rings. The Morgan fingerprint density at radius 3 is 2.40 bits per heavy atom. The number of benzene rings is 1. The van der Waals surface area contributed by atoms with E-state index in [9.17, 15) is 0 Å². The molecule has 0 N–H and O–H groups in total. The number of hydrogen-bond donors (Lipinski definition) is 0. The van der Waals surface area contributed by atoms with Crippen LogP contribution in [0.3, 0.4) is 0 Å². The van der Waals surface area contributed by atoms with Gasteiger partial charge in [-0.25, -0.2) is 4.57 Å². The van der Waals surface area contributed by atoms with E-state index in [1.165, 1.54) is 5.56 Å². The zero-order valence-corrected chi connectivity index (χ0v) is 11.7. The number of nitrogens with zero attached hydrogens (tertiary/aromatic N) is 2. The first kappa shape index (κ1) is 14.2. The van der Waals surface area contributed by atoms with E-state index in [0.717, 1.165) is 17.8 Å². The van der Waals surface area contributed by atoms with Crippen molar-refractivity contribution in [1.82, 2.24) is 4.98 Å². The normalized spacial score (nSPS) is 9.80. The highest BCUT2D eigenvalue weighted by atomic mass is 35.5. The van der Waals surface area contributed by atoms with Crippen LogP contribution in [0.4, 0.5) is 0 Å². The highest BCUT2D eigenvalue weighted by Crippen LogP contribution is 2.13. The van der Waals surface area contributed by atoms with Gasteiger partial charge >= 0.3 is 0 Å². The lowest BCUT2D eigenvalue weighted by atomic mass is 10.2. The lowest BCUT2D eigenvalue weighted by molar-refractivity contribution is -0.687. The second-order valence-electron chi connectivity index (χ2n) is 4.47. The lowest BCUT2D eigenvalue weighted by Gasteiger charge is -2.01. The molecule has 1 aromatic carbocycles. The fraction of sp³-hybridized carbons (Fsp3) is 0.0588. The minimum absolute atomic E-state index is 0. The van der Waals surface area contributed by atoms with Crippen molar-refractivity contribution in [2.24, 2.45) is 0 Å². The third-order valence-electron chi connectivity index (χ3n) is 3.03. The van der Waals surface area contributed by atoms with Gasteiger partial charge in [-0.15, -0.1) is 0 Å². The minimum atomic E-state index is 0. The average Bonchev–Trinajstić information content (AvgIpc) is 2.49. The van der Waals surface area contributed by atoms with E-state index >= 15 is 0 Å². The molecule has 2 heterocycles. The number of aromatic nitrogens is 2. The Morgan fingerprint density at radius 1 is 0.850 bits per heavy atom. The summed E-state index contributed by atoms with van der Waals surface area (Å²) in [5, 5.41) is 0. The van der Waals surface area contributed by atoms with Gasteiger partial charge in [-0.1, -0.05) is 36.4 Å². The van der Waals surface area contributed by atoms with Crippen molar-refractivity contribution in [2.45, 2.75) is 6.54 Å². The van der Waals surface area contributed by atoms with Crippen LogP contribution in [0.15, 0.2) is 79.3 Å². The van der Waals surface area contributed by atoms with Gasteiger partial charge in [0.05, 0.1) is 11.3 Å². The Balaban J connectivity index is 0.00000147. The topological polar surface area (TPSA) is 16.8 Å². The second-order valence-corrected chi connectivity index (χ2v) is 4.47. The maximum absolute atomic E-state index is 4.38. The molecule has 0 aliphatic carbocycles. The first-order chi connectivity index (χ1) is 9.42. The Kier molecular flexibility index (Phi) is 4.85. The van der Waals surface area contributed by atoms with Crippen molar-refractivity contribution < 1.29 is 17.0 Å². The predicted molar refractivity (Wildman–Crippen MR) is 75.4 cm³/mol. The van der Waals surface area contributed by atoms with E-state index < -0.39 is 0 Å². The van der Waals surface area contributed by atoms with Gasteiger partial charge in [0, 0.05) is 17.8 Å². The van der Waals surface area contributed by atoms with Crippen LogP contribution < -0.4 is 17.0 Å². The molecular formula is C17H15ClN2. The molecule has 3 aromatic rings. The summed E-state index contributed by atoms with van der Waals surface area (Å²) in [6.45, 7) is 0.877.